The fourth-order valence-electron chi connectivity index (χ4n) is 6.60. The van der Waals surface area contributed by atoms with Crippen LogP contribution in [0.25, 0.3) is 0 Å². The summed E-state index contributed by atoms with van der Waals surface area (Å²) in [6.45, 7) is 0.175. The van der Waals surface area contributed by atoms with Crippen molar-refractivity contribution in [3.8, 4) is 0 Å². The molecular formula is C21H23N3O5. The highest BCUT2D eigenvalue weighted by atomic mass is 16.6. The molecule has 4 fully saturated rings. The first-order valence-electron chi connectivity index (χ1n) is 10.3. The Kier molecular flexibility index (Phi) is 4.01. The Labute approximate surface area is 167 Å². The van der Waals surface area contributed by atoms with E-state index < -0.39 is 34.9 Å². The summed E-state index contributed by atoms with van der Waals surface area (Å²) < 4.78 is 0. The van der Waals surface area contributed by atoms with Gasteiger partial charge in [-0.2, -0.15) is 0 Å². The molecule has 4 aliphatic carbocycles. The predicted octanol–water partition coefficient (Wildman–Crippen LogP) is 2.52. The number of benzene rings is 1. The van der Waals surface area contributed by atoms with Crippen LogP contribution in [-0.2, 0) is 4.79 Å². The minimum absolute atomic E-state index is 0.0157. The van der Waals surface area contributed by atoms with Crippen LogP contribution in [0.1, 0.15) is 59.2 Å². The second kappa shape index (κ2) is 6.37. The fourth-order valence-corrected chi connectivity index (χ4v) is 6.60. The molecule has 5 aliphatic rings. The van der Waals surface area contributed by atoms with Gasteiger partial charge in [-0.15, -0.1) is 0 Å². The van der Waals surface area contributed by atoms with Crippen LogP contribution < -0.4 is 5.32 Å². The lowest BCUT2D eigenvalue weighted by Gasteiger charge is -2.56. The Morgan fingerprint density at radius 1 is 1.10 bits per heavy atom. The van der Waals surface area contributed by atoms with Gasteiger partial charge in [0, 0.05) is 12.6 Å². The molecule has 4 saturated carbocycles. The quantitative estimate of drug-likeness (QED) is 0.466. The smallest absolute Gasteiger partial charge is 0.282 e. The summed E-state index contributed by atoms with van der Waals surface area (Å²) >= 11 is 0. The van der Waals surface area contributed by atoms with Crippen molar-refractivity contribution in [3.63, 3.8) is 0 Å². The first-order chi connectivity index (χ1) is 13.8. The van der Waals surface area contributed by atoms with Gasteiger partial charge in [0.05, 0.1) is 10.5 Å². The topological polar surface area (TPSA) is 110 Å². The van der Waals surface area contributed by atoms with Gasteiger partial charge in [-0.25, -0.2) is 0 Å². The largest absolute Gasteiger partial charge is 0.354 e. The van der Waals surface area contributed by atoms with Crippen molar-refractivity contribution in [2.75, 3.05) is 13.1 Å². The average Bonchev–Trinajstić information content (AvgIpc) is 2.90. The molecule has 0 unspecified atom stereocenters. The van der Waals surface area contributed by atoms with Gasteiger partial charge < -0.3 is 5.32 Å². The van der Waals surface area contributed by atoms with E-state index >= 15 is 0 Å². The Balaban J connectivity index is 1.26. The molecule has 4 bridgehead atoms. The van der Waals surface area contributed by atoms with Gasteiger partial charge in [-0.05, 0) is 67.8 Å². The molecule has 1 heterocycles. The summed E-state index contributed by atoms with van der Waals surface area (Å²) in [5, 5.41) is 14.1. The Hall–Kier alpha value is -2.77. The zero-order valence-electron chi connectivity index (χ0n) is 16.1. The minimum Gasteiger partial charge on any atom is -0.354 e. The van der Waals surface area contributed by atoms with Crippen molar-refractivity contribution in [1.82, 2.24) is 10.2 Å². The third-order valence-electron chi connectivity index (χ3n) is 7.30. The normalized spacial score (nSPS) is 31.9. The number of nitro benzene ring substituents is 1. The summed E-state index contributed by atoms with van der Waals surface area (Å²) in [5.74, 6) is 0.499. The molecule has 1 aliphatic heterocycles. The van der Waals surface area contributed by atoms with Gasteiger partial charge in [0.15, 0.2) is 0 Å². The van der Waals surface area contributed by atoms with Gasteiger partial charge in [-0.1, -0.05) is 6.07 Å². The van der Waals surface area contributed by atoms with E-state index in [4.69, 9.17) is 0 Å². The second-order valence-corrected chi connectivity index (χ2v) is 9.35. The van der Waals surface area contributed by atoms with E-state index in [9.17, 15) is 24.5 Å². The second-order valence-electron chi connectivity index (χ2n) is 9.35. The van der Waals surface area contributed by atoms with E-state index in [0.717, 1.165) is 41.9 Å². The van der Waals surface area contributed by atoms with Gasteiger partial charge in [0.25, 0.3) is 17.5 Å². The number of rotatable bonds is 5. The zero-order valence-corrected chi connectivity index (χ0v) is 16.1. The molecule has 1 aromatic carbocycles. The Bertz CT molecular complexity index is 905. The first kappa shape index (κ1) is 18.3. The third kappa shape index (κ3) is 2.92. The molecule has 6 rings (SSSR count). The summed E-state index contributed by atoms with van der Waals surface area (Å²) in [6.07, 6.45) is 7.42. The fraction of sp³-hybridized carbons (Fsp3) is 0.571. The van der Waals surface area contributed by atoms with Crippen LogP contribution in [0.5, 0.6) is 0 Å². The maximum Gasteiger partial charge on any atom is 0.282 e. The number of nitrogens with zero attached hydrogens (tertiary/aromatic N) is 2. The molecule has 0 radical (unpaired) electrons. The van der Waals surface area contributed by atoms with E-state index in [1.54, 1.807) is 0 Å². The lowest BCUT2D eigenvalue weighted by molar-refractivity contribution is -0.385. The Morgan fingerprint density at radius 3 is 2.31 bits per heavy atom. The number of hydrogen-bond acceptors (Lipinski definition) is 5. The number of carbonyl (C=O) groups excluding carboxylic acids is 3. The van der Waals surface area contributed by atoms with E-state index in [-0.39, 0.29) is 16.5 Å². The first-order valence-corrected chi connectivity index (χ1v) is 10.3. The van der Waals surface area contributed by atoms with Crippen LogP contribution in [0.4, 0.5) is 5.69 Å². The summed E-state index contributed by atoms with van der Waals surface area (Å²) in [6, 6.07) is 3.95. The van der Waals surface area contributed by atoms with Crippen LogP contribution in [-0.4, -0.2) is 40.6 Å². The van der Waals surface area contributed by atoms with Crippen molar-refractivity contribution in [2.45, 2.75) is 38.5 Å². The van der Waals surface area contributed by atoms with Crippen LogP contribution in [0.3, 0.4) is 0 Å². The van der Waals surface area contributed by atoms with E-state index in [0.29, 0.717) is 6.54 Å². The summed E-state index contributed by atoms with van der Waals surface area (Å²) in [7, 11) is 0. The monoisotopic (exact) mass is 397 g/mol. The highest BCUT2D eigenvalue weighted by molar-refractivity contribution is 6.24. The van der Waals surface area contributed by atoms with Gasteiger partial charge in [0.1, 0.15) is 12.1 Å². The molecule has 29 heavy (non-hydrogen) atoms. The third-order valence-corrected chi connectivity index (χ3v) is 7.30. The Morgan fingerprint density at radius 2 is 1.72 bits per heavy atom. The maximum absolute atomic E-state index is 12.6. The van der Waals surface area contributed by atoms with Crippen molar-refractivity contribution in [1.29, 1.82) is 0 Å². The number of fused-ring (bicyclic) bond motifs is 1. The van der Waals surface area contributed by atoms with E-state index in [1.807, 2.05) is 0 Å². The summed E-state index contributed by atoms with van der Waals surface area (Å²) in [4.78, 5) is 49.0. The number of amides is 3. The minimum atomic E-state index is -0.776. The van der Waals surface area contributed by atoms with Crippen LogP contribution in [0.15, 0.2) is 18.2 Å². The molecular weight excluding hydrogens is 374 g/mol. The standard InChI is InChI=1S/C21H23N3O5/c25-17(22-11-21-7-12-4-13(8-21)6-14(5-12)9-21)10-23-19(26)15-2-1-3-16(24(28)29)18(15)20(23)27/h1-3,12-14H,4-11H2,(H,22,25). The van der Waals surface area contributed by atoms with Gasteiger partial charge >= 0.3 is 0 Å². The predicted molar refractivity (Wildman–Crippen MR) is 102 cm³/mol. The highest BCUT2D eigenvalue weighted by Gasteiger charge is 2.51. The number of carbonyl (C=O) groups is 3. The van der Waals surface area contributed by atoms with Crippen molar-refractivity contribution >= 4 is 23.4 Å². The molecule has 0 saturated heterocycles. The molecule has 0 atom stereocenters. The van der Waals surface area contributed by atoms with E-state index in [2.05, 4.69) is 5.32 Å². The molecule has 152 valence electrons. The van der Waals surface area contributed by atoms with Crippen LogP contribution >= 0.6 is 0 Å². The molecule has 8 heteroatoms. The van der Waals surface area contributed by atoms with Gasteiger partial charge in [-0.3, -0.25) is 29.4 Å². The van der Waals surface area contributed by atoms with Crippen LogP contribution in [0.2, 0.25) is 0 Å². The maximum atomic E-state index is 12.6. The lowest BCUT2D eigenvalue weighted by atomic mass is 9.49. The molecule has 0 spiro atoms. The molecule has 3 amide bonds. The number of imide groups is 1. The average molecular weight is 397 g/mol. The number of nitrogens with one attached hydrogen (secondary N) is 1. The number of hydrogen-bond donors (Lipinski definition) is 1. The van der Waals surface area contributed by atoms with Crippen molar-refractivity contribution in [3.05, 3.63) is 39.4 Å². The summed E-state index contributed by atoms with van der Waals surface area (Å²) in [5.41, 5.74) is -0.489. The van der Waals surface area contributed by atoms with Crippen molar-refractivity contribution in [2.24, 2.45) is 23.2 Å². The number of nitro groups is 1. The molecule has 1 aromatic rings. The molecule has 8 nitrogen and oxygen atoms in total. The lowest BCUT2D eigenvalue weighted by Crippen LogP contribution is -2.52. The SMILES string of the molecule is O=C(CN1C(=O)c2cccc([N+](=O)[O-])c2C1=O)NCC12CC3CC(CC(C3)C1)C2. The molecule has 0 aromatic heterocycles. The van der Waals surface area contributed by atoms with Gasteiger partial charge in [0.2, 0.25) is 5.91 Å². The van der Waals surface area contributed by atoms with E-state index in [1.165, 1.54) is 37.5 Å². The zero-order chi connectivity index (χ0) is 20.3. The van der Waals surface area contributed by atoms with Crippen LogP contribution in [0, 0.1) is 33.3 Å². The van der Waals surface area contributed by atoms with Crippen molar-refractivity contribution < 1.29 is 19.3 Å². The highest BCUT2D eigenvalue weighted by Crippen LogP contribution is 2.59. The molecule has 1 N–H and O–H groups in total.